The van der Waals surface area contributed by atoms with Crippen LogP contribution in [0.3, 0.4) is 0 Å². The third-order valence-corrected chi connectivity index (χ3v) is 8.12. The topological polar surface area (TPSA) is 59.0 Å². The van der Waals surface area contributed by atoms with Crippen LogP contribution in [0.5, 0.6) is 0 Å². The smallest absolute Gasteiger partial charge is 0.137 e. The van der Waals surface area contributed by atoms with Crippen LogP contribution >= 0.6 is 0 Å². The van der Waals surface area contributed by atoms with E-state index in [1.165, 1.54) is 45.3 Å². The van der Waals surface area contributed by atoms with Gasteiger partial charge in [0.1, 0.15) is 11.6 Å². The Bertz CT molecular complexity index is 1650. The molecule has 0 aliphatic heterocycles. The Kier molecular flexibility index (Phi) is 9.33. The lowest BCUT2D eigenvalue weighted by Crippen LogP contribution is -2.23. The quantitative estimate of drug-likeness (QED) is 0.144. The first-order chi connectivity index (χ1) is 20.6. The van der Waals surface area contributed by atoms with E-state index in [2.05, 4.69) is 130 Å². The number of hydrogen-bond donors (Lipinski definition) is 0. The minimum absolute atomic E-state index is 0.0307. The average Bonchev–Trinajstić information content (AvgIpc) is 3.59. The van der Waals surface area contributed by atoms with Crippen molar-refractivity contribution in [2.24, 2.45) is 0 Å². The first kappa shape index (κ1) is 30.5. The molecule has 5 aromatic rings. The van der Waals surface area contributed by atoms with Gasteiger partial charge in [-0.3, -0.25) is 0 Å². The molecule has 0 amide bonds. The largest absolute Gasteiger partial charge is 0.375 e. The number of rotatable bonds is 12. The fourth-order valence-corrected chi connectivity index (χ4v) is 5.89. The monoisotopic (exact) mass is 579 g/mol. The lowest BCUT2D eigenvalue weighted by molar-refractivity contribution is -0.00221. The van der Waals surface area contributed by atoms with Crippen LogP contribution in [-0.2, 0) is 29.2 Å². The molecule has 0 aliphatic carbocycles. The first-order valence-corrected chi connectivity index (χ1v) is 15.2. The summed E-state index contributed by atoms with van der Waals surface area (Å²) in [5.74, 6) is 1.87. The Morgan fingerprint density at radius 3 is 1.51 bits per heavy atom. The van der Waals surface area contributed by atoms with Crippen molar-refractivity contribution in [3.8, 4) is 11.6 Å². The zero-order valence-corrected chi connectivity index (χ0v) is 26.9. The van der Waals surface area contributed by atoms with Crippen LogP contribution in [0.25, 0.3) is 11.6 Å². The second-order valence-corrected chi connectivity index (χ2v) is 11.9. The summed E-state index contributed by atoms with van der Waals surface area (Å²) in [6.07, 6.45) is 0.733. The molecule has 1 atom stereocenters. The van der Waals surface area contributed by atoms with Crippen molar-refractivity contribution in [1.29, 1.82) is 0 Å². The molecule has 5 rings (SSSR count). The second kappa shape index (κ2) is 13.1. The van der Waals surface area contributed by atoms with Crippen molar-refractivity contribution in [3.63, 3.8) is 0 Å². The van der Waals surface area contributed by atoms with Gasteiger partial charge in [-0.1, -0.05) is 0 Å². The summed E-state index contributed by atoms with van der Waals surface area (Å²) in [6.45, 7) is 19.2. The molecule has 7 nitrogen and oxygen atoms in total. The molecule has 5 heterocycles. The Balaban J connectivity index is 1.27. The van der Waals surface area contributed by atoms with Crippen LogP contribution < -0.4 is 0 Å². The molecule has 0 saturated carbocycles. The second-order valence-electron chi connectivity index (χ2n) is 11.9. The summed E-state index contributed by atoms with van der Waals surface area (Å²) in [4.78, 5) is 9.89. The van der Waals surface area contributed by atoms with Crippen molar-refractivity contribution in [2.75, 3.05) is 6.61 Å². The van der Waals surface area contributed by atoms with E-state index in [0.717, 1.165) is 36.0 Å². The Morgan fingerprint density at radius 2 is 1.02 bits per heavy atom. The number of aryl methyl sites for hydroxylation is 8. The predicted molar refractivity (Wildman–Crippen MR) is 172 cm³/mol. The first-order valence-electron chi connectivity index (χ1n) is 15.2. The van der Waals surface area contributed by atoms with Gasteiger partial charge < -0.3 is 23.2 Å². The summed E-state index contributed by atoms with van der Waals surface area (Å²) in [6, 6.07) is 21.3. The van der Waals surface area contributed by atoms with Crippen molar-refractivity contribution in [1.82, 2.24) is 23.7 Å². The van der Waals surface area contributed by atoms with Gasteiger partial charge in [-0.15, -0.1) is 0 Å². The molecule has 226 valence electrons. The van der Waals surface area contributed by atoms with Crippen molar-refractivity contribution in [3.05, 3.63) is 117 Å². The molecule has 0 N–H and O–H groups in total. The molecule has 0 aliphatic rings. The van der Waals surface area contributed by atoms with Crippen LogP contribution in [0.1, 0.15) is 63.1 Å². The normalized spacial score (nSPS) is 12.3. The van der Waals surface area contributed by atoms with E-state index in [0.29, 0.717) is 19.8 Å². The van der Waals surface area contributed by atoms with Gasteiger partial charge >= 0.3 is 0 Å². The minimum atomic E-state index is -0.0307. The third-order valence-electron chi connectivity index (χ3n) is 8.12. The molecule has 7 heteroatoms. The molecule has 0 radical (unpaired) electrons. The van der Waals surface area contributed by atoms with E-state index in [1.54, 1.807) is 0 Å². The van der Waals surface area contributed by atoms with Gasteiger partial charge in [0, 0.05) is 47.3 Å². The van der Waals surface area contributed by atoms with Crippen LogP contribution in [0, 0.1) is 55.4 Å². The summed E-state index contributed by atoms with van der Waals surface area (Å²) in [7, 11) is 0. The van der Waals surface area contributed by atoms with Gasteiger partial charge in [-0.2, -0.15) is 0 Å². The SMILES string of the molecule is Cc1cc(COCCC(Cn2c(C)ccc2C)OCc2cc(C)cc(-n3c(C)ccc3C)n2)nc(-n2c(C)ccc2C)c1. The van der Waals surface area contributed by atoms with Crippen molar-refractivity contribution in [2.45, 2.75) is 87.7 Å². The van der Waals surface area contributed by atoms with Crippen LogP contribution in [0.2, 0.25) is 0 Å². The maximum Gasteiger partial charge on any atom is 0.137 e. The zero-order chi connectivity index (χ0) is 30.7. The fourth-order valence-electron chi connectivity index (χ4n) is 5.89. The van der Waals surface area contributed by atoms with E-state index in [-0.39, 0.29) is 6.10 Å². The highest BCUT2D eigenvalue weighted by Gasteiger charge is 2.16. The van der Waals surface area contributed by atoms with Gasteiger partial charge in [-0.25, -0.2) is 9.97 Å². The highest BCUT2D eigenvalue weighted by Crippen LogP contribution is 2.20. The molecule has 0 spiro atoms. The summed E-state index contributed by atoms with van der Waals surface area (Å²) in [5.41, 5.74) is 11.4. The standard InChI is InChI=1S/C36H45N5O2/c1-24-17-32(37-35(19-24)40-28(5)11-12-29(40)6)22-42-16-15-34(21-39-26(3)9-10-27(39)4)43-23-33-18-25(2)20-36(38-33)41-30(7)13-14-31(41)8/h9-14,17-20,34H,15-16,21-23H2,1-8H3. The van der Waals surface area contributed by atoms with Crippen LogP contribution in [-0.4, -0.2) is 36.4 Å². The van der Waals surface area contributed by atoms with Crippen LogP contribution in [0.15, 0.2) is 60.7 Å². The molecule has 5 aromatic heterocycles. The molecular weight excluding hydrogens is 534 g/mol. The van der Waals surface area contributed by atoms with Crippen molar-refractivity contribution < 1.29 is 9.47 Å². The minimum Gasteiger partial charge on any atom is -0.375 e. The molecule has 1 unspecified atom stereocenters. The molecule has 0 fully saturated rings. The Morgan fingerprint density at radius 1 is 0.581 bits per heavy atom. The number of pyridine rings is 2. The maximum atomic E-state index is 6.57. The van der Waals surface area contributed by atoms with E-state index >= 15 is 0 Å². The van der Waals surface area contributed by atoms with Gasteiger partial charge in [0.2, 0.25) is 0 Å². The molecule has 0 saturated heterocycles. The summed E-state index contributed by atoms with van der Waals surface area (Å²) in [5, 5.41) is 0. The van der Waals surface area contributed by atoms with E-state index in [4.69, 9.17) is 19.4 Å². The molecule has 0 aromatic carbocycles. The lowest BCUT2D eigenvalue weighted by atomic mass is 10.2. The van der Waals surface area contributed by atoms with Crippen molar-refractivity contribution >= 4 is 0 Å². The summed E-state index contributed by atoms with van der Waals surface area (Å²) < 4.78 is 19.5. The molecule has 0 bridgehead atoms. The number of ether oxygens (including phenoxy) is 2. The maximum absolute atomic E-state index is 6.57. The van der Waals surface area contributed by atoms with Crippen LogP contribution in [0.4, 0.5) is 0 Å². The predicted octanol–water partition coefficient (Wildman–Crippen LogP) is 7.52. The molecule has 43 heavy (non-hydrogen) atoms. The van der Waals surface area contributed by atoms with E-state index in [9.17, 15) is 0 Å². The Labute approximate surface area is 256 Å². The average molecular weight is 580 g/mol. The summed E-state index contributed by atoms with van der Waals surface area (Å²) >= 11 is 0. The fraction of sp³-hybridized carbons (Fsp3) is 0.389. The number of nitrogens with zero attached hydrogens (tertiary/aromatic N) is 5. The lowest BCUT2D eigenvalue weighted by Gasteiger charge is -2.21. The van der Waals surface area contributed by atoms with E-state index < -0.39 is 0 Å². The van der Waals surface area contributed by atoms with E-state index in [1.807, 2.05) is 0 Å². The zero-order valence-electron chi connectivity index (χ0n) is 26.9. The third kappa shape index (κ3) is 7.17. The van der Waals surface area contributed by atoms with Gasteiger partial charge in [0.25, 0.3) is 0 Å². The Hall–Kier alpha value is -3.94. The van der Waals surface area contributed by atoms with Gasteiger partial charge in [0.05, 0.1) is 30.7 Å². The molecular formula is C36H45N5O2. The van der Waals surface area contributed by atoms with Gasteiger partial charge in [-0.05, 0) is 134 Å². The number of aromatic nitrogens is 5. The number of hydrogen-bond acceptors (Lipinski definition) is 4. The highest BCUT2D eigenvalue weighted by molar-refractivity contribution is 5.36. The highest BCUT2D eigenvalue weighted by atomic mass is 16.5. The van der Waals surface area contributed by atoms with Gasteiger partial charge in [0.15, 0.2) is 0 Å².